The lowest BCUT2D eigenvalue weighted by atomic mass is 9.92. The van der Waals surface area contributed by atoms with Gasteiger partial charge in [-0.2, -0.15) is 5.10 Å². The quantitative estimate of drug-likeness (QED) is 0.370. The van der Waals surface area contributed by atoms with Gasteiger partial charge in [-0.25, -0.2) is 9.48 Å². The first-order chi connectivity index (χ1) is 16.9. The number of nitrogens with one attached hydrogen (secondary N) is 2. The van der Waals surface area contributed by atoms with Crippen molar-refractivity contribution >= 4 is 46.6 Å². The maximum Gasteiger partial charge on any atom is 0.322 e. The molecule has 0 saturated carbocycles. The molecule has 36 heavy (non-hydrogen) atoms. The molecule has 3 rings (SSSR count). The van der Waals surface area contributed by atoms with E-state index in [0.29, 0.717) is 33.0 Å². The molecule has 2 aromatic carbocycles. The zero-order valence-corrected chi connectivity index (χ0v) is 22.7. The summed E-state index contributed by atoms with van der Waals surface area (Å²) < 4.78 is 6.76. The van der Waals surface area contributed by atoms with Crippen molar-refractivity contribution in [2.24, 2.45) is 0 Å². The van der Waals surface area contributed by atoms with E-state index in [1.807, 2.05) is 40.7 Å². The number of aromatic nitrogens is 2. The summed E-state index contributed by atoms with van der Waals surface area (Å²) in [6.45, 7) is 9.63. The maximum atomic E-state index is 13.1. The number of carbonyl (C=O) groups excluding carboxylic acids is 2. The third kappa shape index (κ3) is 6.71. The number of amides is 3. The van der Waals surface area contributed by atoms with Crippen molar-refractivity contribution in [3.05, 3.63) is 64.3 Å². The van der Waals surface area contributed by atoms with E-state index < -0.39 is 6.03 Å². The number of urea groups is 1. The minimum Gasteiger partial charge on any atom is -0.497 e. The van der Waals surface area contributed by atoms with Crippen LogP contribution in [0.3, 0.4) is 0 Å². The molecule has 3 aromatic rings. The average molecular weight is 532 g/mol. The zero-order chi connectivity index (χ0) is 26.6. The summed E-state index contributed by atoms with van der Waals surface area (Å²) in [6, 6.07) is 13.3. The number of hydrogen-bond acceptors (Lipinski definition) is 4. The molecule has 0 radical (unpaired) electrons. The Bertz CT molecular complexity index is 1230. The van der Waals surface area contributed by atoms with Crippen LogP contribution in [0.2, 0.25) is 10.0 Å². The highest BCUT2D eigenvalue weighted by Gasteiger charge is 2.24. The summed E-state index contributed by atoms with van der Waals surface area (Å²) in [6.07, 6.45) is 0. The Balaban J connectivity index is 1.81. The first-order valence-electron chi connectivity index (χ1n) is 11.5. The molecule has 1 aromatic heterocycles. The van der Waals surface area contributed by atoms with Crippen molar-refractivity contribution in [3.63, 3.8) is 0 Å². The second-order valence-corrected chi connectivity index (χ2v) is 10.4. The van der Waals surface area contributed by atoms with Gasteiger partial charge in [0.15, 0.2) is 0 Å². The van der Waals surface area contributed by atoms with Gasteiger partial charge in [0, 0.05) is 23.2 Å². The summed E-state index contributed by atoms with van der Waals surface area (Å²) in [5.74, 6) is 0.777. The predicted molar refractivity (Wildman–Crippen MR) is 145 cm³/mol. The van der Waals surface area contributed by atoms with Gasteiger partial charge < -0.3 is 20.3 Å². The van der Waals surface area contributed by atoms with Gasteiger partial charge in [-0.05, 0) is 56.3 Å². The summed E-state index contributed by atoms with van der Waals surface area (Å²) >= 11 is 12.3. The van der Waals surface area contributed by atoms with Gasteiger partial charge in [0.25, 0.3) is 0 Å². The van der Waals surface area contributed by atoms with Crippen LogP contribution in [0.1, 0.15) is 40.3 Å². The highest BCUT2D eigenvalue weighted by atomic mass is 35.5. The second kappa shape index (κ2) is 11.2. The SMILES string of the molecule is COc1ccc(NC(=O)N(CC(=O)Nc2cc(C(C)(C)C)nn2-c2ccc(Cl)c(Cl)c2)C(C)C)cc1. The first-order valence-corrected chi connectivity index (χ1v) is 12.2. The standard InChI is InChI=1S/C26H31Cl2N5O3/c1-16(2)32(25(35)29-17-7-10-19(36-6)11-8-17)15-24(34)30-23-14-22(26(3,4)5)31-33(23)18-9-12-20(27)21(28)13-18/h7-14,16H,15H2,1-6H3,(H,29,35)(H,30,34). The number of carbonyl (C=O) groups is 2. The lowest BCUT2D eigenvalue weighted by Gasteiger charge is -2.26. The van der Waals surface area contributed by atoms with Crippen LogP contribution in [0.5, 0.6) is 5.75 Å². The number of benzene rings is 2. The Kier molecular flexibility index (Phi) is 8.53. The highest BCUT2D eigenvalue weighted by molar-refractivity contribution is 6.42. The van der Waals surface area contributed by atoms with E-state index in [1.165, 1.54) is 4.90 Å². The second-order valence-electron chi connectivity index (χ2n) is 9.60. The van der Waals surface area contributed by atoms with Gasteiger partial charge in [-0.15, -0.1) is 0 Å². The van der Waals surface area contributed by atoms with E-state index in [1.54, 1.807) is 54.3 Å². The van der Waals surface area contributed by atoms with Crippen molar-refractivity contribution in [1.29, 1.82) is 0 Å². The predicted octanol–water partition coefficient (Wildman–Crippen LogP) is 6.37. The Hall–Kier alpha value is -3.23. The fraction of sp³-hybridized carbons (Fsp3) is 0.346. The third-order valence-corrected chi connectivity index (χ3v) is 6.17. The van der Waals surface area contributed by atoms with Crippen LogP contribution in [0, 0.1) is 0 Å². The van der Waals surface area contributed by atoms with E-state index in [9.17, 15) is 9.59 Å². The minimum absolute atomic E-state index is 0.156. The Labute approximate surface area is 221 Å². The molecule has 0 aliphatic heterocycles. The molecule has 0 aliphatic rings. The number of rotatable bonds is 7. The smallest absolute Gasteiger partial charge is 0.322 e. The van der Waals surface area contributed by atoms with Gasteiger partial charge in [0.05, 0.1) is 28.5 Å². The molecule has 0 fully saturated rings. The van der Waals surface area contributed by atoms with E-state index in [0.717, 1.165) is 5.69 Å². The van der Waals surface area contributed by atoms with Crippen LogP contribution in [-0.4, -0.2) is 46.3 Å². The molecule has 0 spiro atoms. The average Bonchev–Trinajstić information content (AvgIpc) is 3.23. The number of ether oxygens (including phenoxy) is 1. The first kappa shape index (κ1) is 27.4. The van der Waals surface area contributed by atoms with E-state index in [2.05, 4.69) is 10.6 Å². The monoisotopic (exact) mass is 531 g/mol. The highest BCUT2D eigenvalue weighted by Crippen LogP contribution is 2.29. The number of methoxy groups -OCH3 is 1. The number of anilines is 2. The van der Waals surface area contributed by atoms with Gasteiger partial charge in [-0.3, -0.25) is 4.79 Å². The molecule has 0 atom stereocenters. The summed E-state index contributed by atoms with van der Waals surface area (Å²) in [7, 11) is 1.57. The molecular formula is C26H31Cl2N5O3. The molecule has 8 nitrogen and oxygen atoms in total. The molecule has 0 bridgehead atoms. The Morgan fingerprint density at radius 2 is 1.69 bits per heavy atom. The van der Waals surface area contributed by atoms with Crippen LogP contribution in [0.15, 0.2) is 48.5 Å². The van der Waals surface area contributed by atoms with Gasteiger partial charge in [0.2, 0.25) is 5.91 Å². The van der Waals surface area contributed by atoms with Crippen LogP contribution in [-0.2, 0) is 10.2 Å². The molecular weight excluding hydrogens is 501 g/mol. The van der Waals surface area contributed by atoms with Crippen molar-refractivity contribution in [1.82, 2.24) is 14.7 Å². The Morgan fingerprint density at radius 1 is 1.03 bits per heavy atom. The van der Waals surface area contributed by atoms with E-state index in [-0.39, 0.29) is 23.9 Å². The molecule has 3 amide bonds. The van der Waals surface area contributed by atoms with Crippen LogP contribution in [0.4, 0.5) is 16.3 Å². The summed E-state index contributed by atoms with van der Waals surface area (Å²) in [4.78, 5) is 27.5. The molecule has 10 heteroatoms. The van der Waals surface area contributed by atoms with Crippen molar-refractivity contribution in [2.45, 2.75) is 46.1 Å². The van der Waals surface area contributed by atoms with Crippen LogP contribution in [0.25, 0.3) is 5.69 Å². The molecule has 192 valence electrons. The van der Waals surface area contributed by atoms with Gasteiger partial charge in [-0.1, -0.05) is 44.0 Å². The largest absolute Gasteiger partial charge is 0.497 e. The molecule has 0 aliphatic carbocycles. The van der Waals surface area contributed by atoms with Crippen molar-refractivity contribution in [3.8, 4) is 11.4 Å². The fourth-order valence-corrected chi connectivity index (χ4v) is 3.64. The number of hydrogen-bond donors (Lipinski definition) is 2. The summed E-state index contributed by atoms with van der Waals surface area (Å²) in [5, 5.41) is 11.2. The van der Waals surface area contributed by atoms with Crippen LogP contribution >= 0.6 is 23.2 Å². The molecule has 1 heterocycles. The molecule has 0 saturated heterocycles. The maximum absolute atomic E-state index is 13.1. The van der Waals surface area contributed by atoms with E-state index in [4.69, 9.17) is 33.0 Å². The number of nitrogens with zero attached hydrogens (tertiary/aromatic N) is 3. The lowest BCUT2D eigenvalue weighted by molar-refractivity contribution is -0.117. The van der Waals surface area contributed by atoms with Crippen LogP contribution < -0.4 is 15.4 Å². The van der Waals surface area contributed by atoms with Gasteiger partial charge in [0.1, 0.15) is 18.1 Å². The zero-order valence-electron chi connectivity index (χ0n) is 21.2. The van der Waals surface area contributed by atoms with Crippen molar-refractivity contribution in [2.75, 3.05) is 24.3 Å². The van der Waals surface area contributed by atoms with E-state index >= 15 is 0 Å². The lowest BCUT2D eigenvalue weighted by Crippen LogP contribution is -2.44. The fourth-order valence-electron chi connectivity index (χ4n) is 3.35. The van der Waals surface area contributed by atoms with Gasteiger partial charge >= 0.3 is 6.03 Å². The van der Waals surface area contributed by atoms with Crippen molar-refractivity contribution < 1.29 is 14.3 Å². The third-order valence-electron chi connectivity index (χ3n) is 5.43. The summed E-state index contributed by atoms with van der Waals surface area (Å²) in [5.41, 5.74) is 1.76. The topological polar surface area (TPSA) is 88.5 Å². The molecule has 0 unspecified atom stereocenters. The molecule has 2 N–H and O–H groups in total. The normalized spacial score (nSPS) is 11.4. The minimum atomic E-state index is -0.390. The Morgan fingerprint density at radius 3 is 2.25 bits per heavy atom. The number of halogens is 2.